The van der Waals surface area contributed by atoms with Crippen LogP contribution in [-0.2, 0) is 26.1 Å². The van der Waals surface area contributed by atoms with E-state index in [4.69, 9.17) is 0 Å². The van der Waals surface area contributed by atoms with Crippen molar-refractivity contribution in [1.29, 1.82) is 0 Å². The van der Waals surface area contributed by atoms with Crippen LogP contribution in [0.15, 0.2) is 16.9 Å². The molecule has 0 radical (unpaired) electrons. The number of carbonyl (C=O) groups excluding carboxylic acids is 1. The molecule has 0 aliphatic rings. The van der Waals surface area contributed by atoms with Crippen LogP contribution in [0.4, 0.5) is 0 Å². The zero-order valence-corrected chi connectivity index (χ0v) is 10.2. The van der Waals surface area contributed by atoms with Crippen LogP contribution in [0, 0.1) is 0 Å². The van der Waals surface area contributed by atoms with Crippen molar-refractivity contribution < 1.29 is 22.5 Å². The highest BCUT2D eigenvalue weighted by Crippen LogP contribution is 1.99. The van der Waals surface area contributed by atoms with E-state index in [0.717, 1.165) is 0 Å². The number of ether oxygens (including phenoxy) is 1. The van der Waals surface area contributed by atoms with E-state index in [9.17, 15) is 13.2 Å². The van der Waals surface area contributed by atoms with E-state index in [1.165, 1.54) is 13.4 Å². The molecule has 0 unspecified atom stereocenters. The summed E-state index contributed by atoms with van der Waals surface area (Å²) in [4.78, 5) is 10.8. The van der Waals surface area contributed by atoms with Gasteiger partial charge in [0.15, 0.2) is 0 Å². The zero-order valence-electron chi connectivity index (χ0n) is 9.38. The van der Waals surface area contributed by atoms with Crippen LogP contribution < -0.4 is 4.72 Å². The van der Waals surface area contributed by atoms with E-state index in [0.29, 0.717) is 5.69 Å². The van der Waals surface area contributed by atoms with Crippen molar-refractivity contribution in [1.82, 2.24) is 9.88 Å². The third-order valence-electron chi connectivity index (χ3n) is 1.99. The Morgan fingerprint density at radius 2 is 2.35 bits per heavy atom. The fourth-order valence-corrected chi connectivity index (χ4v) is 2.13. The molecule has 96 valence electrons. The fourth-order valence-electron chi connectivity index (χ4n) is 1.09. The number of nitrogens with one attached hydrogen (secondary N) is 1. The van der Waals surface area contributed by atoms with Crippen LogP contribution in [0.1, 0.15) is 18.5 Å². The number of nitrogens with zero attached hydrogens (tertiary/aromatic N) is 1. The summed E-state index contributed by atoms with van der Waals surface area (Å²) in [6.07, 6.45) is 1.67. The van der Waals surface area contributed by atoms with Gasteiger partial charge < -0.3 is 9.26 Å². The maximum Gasteiger partial charge on any atom is 0.305 e. The molecule has 0 aliphatic heterocycles. The fraction of sp³-hybridized carbons (Fsp3) is 0.556. The van der Waals surface area contributed by atoms with Crippen LogP contribution in [0.5, 0.6) is 0 Å². The predicted octanol–water partition coefficient (Wildman–Crippen LogP) is 0.0472. The van der Waals surface area contributed by atoms with Crippen molar-refractivity contribution >= 4 is 16.0 Å². The molecule has 1 aromatic heterocycles. The maximum atomic E-state index is 11.5. The number of esters is 1. The van der Waals surface area contributed by atoms with Crippen LogP contribution in [0.25, 0.3) is 0 Å². The smallest absolute Gasteiger partial charge is 0.305 e. The van der Waals surface area contributed by atoms with Crippen molar-refractivity contribution in [3.05, 3.63) is 18.0 Å². The Labute approximate surface area is 99.2 Å². The molecule has 0 atom stereocenters. The Morgan fingerprint density at radius 1 is 1.59 bits per heavy atom. The van der Waals surface area contributed by atoms with Crippen molar-refractivity contribution in [3.63, 3.8) is 0 Å². The summed E-state index contributed by atoms with van der Waals surface area (Å²) in [6, 6.07) is 1.57. The van der Waals surface area contributed by atoms with Crippen molar-refractivity contribution in [3.8, 4) is 0 Å². The van der Waals surface area contributed by atoms with Gasteiger partial charge in [-0.15, -0.1) is 0 Å². The van der Waals surface area contributed by atoms with E-state index in [-0.39, 0.29) is 25.1 Å². The summed E-state index contributed by atoms with van der Waals surface area (Å²) in [5, 5.41) is 3.57. The second-order valence-corrected chi connectivity index (χ2v) is 5.24. The van der Waals surface area contributed by atoms with E-state index >= 15 is 0 Å². The van der Waals surface area contributed by atoms with Gasteiger partial charge in [-0.05, 0) is 6.42 Å². The molecular weight excluding hydrogens is 248 g/mol. The molecule has 1 heterocycles. The van der Waals surface area contributed by atoms with Crippen LogP contribution in [-0.4, -0.2) is 32.4 Å². The summed E-state index contributed by atoms with van der Waals surface area (Å²) in [5.74, 6) is -0.545. The number of hydrogen-bond donors (Lipinski definition) is 1. The molecule has 1 N–H and O–H groups in total. The second-order valence-electron chi connectivity index (χ2n) is 3.31. The third kappa shape index (κ3) is 5.45. The molecule has 8 heteroatoms. The van der Waals surface area contributed by atoms with Gasteiger partial charge in [-0.1, -0.05) is 5.16 Å². The van der Waals surface area contributed by atoms with Gasteiger partial charge in [0.25, 0.3) is 0 Å². The lowest BCUT2D eigenvalue weighted by molar-refractivity contribution is -0.140. The van der Waals surface area contributed by atoms with Crippen LogP contribution in [0.2, 0.25) is 0 Å². The van der Waals surface area contributed by atoms with Crippen molar-refractivity contribution in [2.45, 2.75) is 19.4 Å². The monoisotopic (exact) mass is 262 g/mol. The van der Waals surface area contributed by atoms with Crippen molar-refractivity contribution in [2.75, 3.05) is 12.9 Å². The lowest BCUT2D eigenvalue weighted by Gasteiger charge is -2.04. The standard InChI is InChI=1S/C9H14N2O5S/c1-15-9(12)3-2-6-17(13,14)10-7-8-4-5-16-11-8/h4-5,10H,2-3,6-7H2,1H3. The third-order valence-corrected chi connectivity index (χ3v) is 3.40. The topological polar surface area (TPSA) is 98.5 Å². The van der Waals surface area contributed by atoms with E-state index < -0.39 is 16.0 Å². The lowest BCUT2D eigenvalue weighted by atomic mass is 10.3. The first kappa shape index (κ1) is 13.7. The molecule has 0 bridgehead atoms. The average Bonchev–Trinajstić information content (AvgIpc) is 2.79. The second kappa shape index (κ2) is 6.36. The van der Waals surface area contributed by atoms with Gasteiger partial charge in [0, 0.05) is 12.5 Å². The molecule has 0 aliphatic carbocycles. The largest absolute Gasteiger partial charge is 0.469 e. The van der Waals surface area contributed by atoms with Crippen LogP contribution >= 0.6 is 0 Å². The highest BCUT2D eigenvalue weighted by molar-refractivity contribution is 7.89. The van der Waals surface area contributed by atoms with Crippen molar-refractivity contribution in [2.24, 2.45) is 0 Å². The van der Waals surface area contributed by atoms with E-state index in [1.807, 2.05) is 0 Å². The summed E-state index contributed by atoms with van der Waals surface area (Å²) >= 11 is 0. The molecule has 0 aromatic carbocycles. The number of rotatable bonds is 7. The number of methoxy groups -OCH3 is 1. The first-order valence-corrected chi connectivity index (χ1v) is 6.62. The molecule has 17 heavy (non-hydrogen) atoms. The van der Waals surface area contributed by atoms with Gasteiger partial charge in [0.05, 0.1) is 25.1 Å². The Kier molecular flexibility index (Phi) is 5.11. The SMILES string of the molecule is COC(=O)CCCS(=O)(=O)NCc1ccon1. The molecule has 7 nitrogen and oxygen atoms in total. The van der Waals surface area contributed by atoms with Crippen LogP contribution in [0.3, 0.4) is 0 Å². The normalized spacial score (nSPS) is 11.4. The Morgan fingerprint density at radius 3 is 2.94 bits per heavy atom. The molecule has 0 saturated carbocycles. The molecule has 1 rings (SSSR count). The number of sulfonamides is 1. The highest BCUT2D eigenvalue weighted by atomic mass is 32.2. The van der Waals surface area contributed by atoms with E-state index in [2.05, 4.69) is 19.1 Å². The average molecular weight is 262 g/mol. The van der Waals surface area contributed by atoms with Gasteiger partial charge in [-0.2, -0.15) is 0 Å². The minimum Gasteiger partial charge on any atom is -0.469 e. The molecule has 0 saturated heterocycles. The van der Waals surface area contributed by atoms with Gasteiger partial charge in [0.1, 0.15) is 6.26 Å². The first-order chi connectivity index (χ1) is 8.03. The highest BCUT2D eigenvalue weighted by Gasteiger charge is 2.12. The maximum absolute atomic E-state index is 11.5. The Bertz CT molecular complexity index is 440. The quantitative estimate of drug-likeness (QED) is 0.697. The van der Waals surface area contributed by atoms with E-state index in [1.54, 1.807) is 6.07 Å². The van der Waals surface area contributed by atoms with Gasteiger partial charge in [0.2, 0.25) is 10.0 Å². The lowest BCUT2D eigenvalue weighted by Crippen LogP contribution is -2.26. The molecule has 0 fully saturated rings. The Balaban J connectivity index is 2.29. The molecule has 0 amide bonds. The number of aromatic nitrogens is 1. The molecule has 1 aromatic rings. The van der Waals surface area contributed by atoms with Gasteiger partial charge in [-0.25, -0.2) is 13.1 Å². The van der Waals surface area contributed by atoms with Gasteiger partial charge >= 0.3 is 5.97 Å². The summed E-state index contributed by atoms with van der Waals surface area (Å²) in [5.41, 5.74) is 0.501. The van der Waals surface area contributed by atoms with Gasteiger partial charge in [-0.3, -0.25) is 4.79 Å². The predicted molar refractivity (Wildman–Crippen MR) is 58.4 cm³/mol. The molecule has 0 spiro atoms. The molecular formula is C9H14N2O5S. The summed E-state index contributed by atoms with van der Waals surface area (Å²) in [6.45, 7) is 0.0804. The minimum atomic E-state index is -3.40. The minimum absolute atomic E-state index is 0.0804. The summed E-state index contributed by atoms with van der Waals surface area (Å²) < 4.78 is 34.3. The number of carbonyl (C=O) groups is 1. The number of hydrogen-bond acceptors (Lipinski definition) is 6. The first-order valence-electron chi connectivity index (χ1n) is 4.97. The summed E-state index contributed by atoms with van der Waals surface area (Å²) in [7, 11) is -2.14. The Hall–Kier alpha value is -1.41. The zero-order chi connectivity index (χ0) is 12.7.